The minimum Gasteiger partial charge on any atom is -0.480 e. The zero-order valence-electron chi connectivity index (χ0n) is 26.5. The molecule has 11 heteroatoms. The zero-order chi connectivity index (χ0) is 32.0. The van der Waals surface area contributed by atoms with Crippen LogP contribution in [0.15, 0.2) is 24.3 Å². The number of nitrogens with two attached hydrogens (primary N) is 1. The van der Waals surface area contributed by atoms with Crippen LogP contribution in [0.4, 0.5) is 0 Å². The molecular formula is C32H60NO9P. The third-order valence-corrected chi connectivity index (χ3v) is 7.88. The van der Waals surface area contributed by atoms with Crippen molar-refractivity contribution in [3.8, 4) is 0 Å². The monoisotopic (exact) mass is 633 g/mol. The van der Waals surface area contributed by atoms with Crippen LogP contribution >= 0.6 is 7.82 Å². The number of unbranched alkanes of at least 4 members (excludes halogenated alkanes) is 16. The standard InChI is InChI=1S/C32H60NO9P/c1-2-3-4-5-6-7-8-9-10-11-12-13-14-15-16-17-18-19-20-21-22-23-24-25-31(35)40-26-29(34)27-41-43(38,39)42-28-30(33)32(36)37/h8-9,11-12,29-30,34H,2-7,10,13-28,33H2,1H3,(H,36,37)(H,38,39)/b9-8-,12-11-. The summed E-state index contributed by atoms with van der Waals surface area (Å²) >= 11 is 0. The molecule has 0 heterocycles. The number of allylic oxidation sites excluding steroid dienone is 4. The number of hydrogen-bond donors (Lipinski definition) is 4. The summed E-state index contributed by atoms with van der Waals surface area (Å²) in [6.07, 6.45) is 31.2. The molecule has 0 rings (SSSR count). The van der Waals surface area contributed by atoms with Crippen LogP contribution in [0, 0.1) is 0 Å². The number of rotatable bonds is 31. The van der Waals surface area contributed by atoms with E-state index in [0.29, 0.717) is 6.42 Å². The molecule has 0 aliphatic heterocycles. The predicted molar refractivity (Wildman–Crippen MR) is 171 cm³/mol. The van der Waals surface area contributed by atoms with Gasteiger partial charge in [0.25, 0.3) is 0 Å². The number of aliphatic hydroxyl groups is 1. The highest BCUT2D eigenvalue weighted by Gasteiger charge is 2.26. The summed E-state index contributed by atoms with van der Waals surface area (Å²) < 4.78 is 25.6. The molecule has 0 saturated carbocycles. The smallest absolute Gasteiger partial charge is 0.472 e. The first kappa shape index (κ1) is 41.4. The number of hydrogen-bond acceptors (Lipinski definition) is 8. The third-order valence-electron chi connectivity index (χ3n) is 6.93. The van der Waals surface area contributed by atoms with Crippen LogP contribution in [0.5, 0.6) is 0 Å². The van der Waals surface area contributed by atoms with Gasteiger partial charge in [-0.3, -0.25) is 18.6 Å². The van der Waals surface area contributed by atoms with Gasteiger partial charge in [-0.25, -0.2) is 4.57 Å². The van der Waals surface area contributed by atoms with E-state index >= 15 is 0 Å². The maximum atomic E-state index is 11.8. The van der Waals surface area contributed by atoms with Crippen molar-refractivity contribution < 1.29 is 43.0 Å². The quantitative estimate of drug-likeness (QED) is 0.0262. The fraction of sp³-hybridized carbons (Fsp3) is 0.812. The van der Waals surface area contributed by atoms with E-state index in [0.717, 1.165) is 25.7 Å². The first-order chi connectivity index (χ1) is 20.7. The number of carboxylic acids is 1. The Morgan fingerprint density at radius 3 is 1.70 bits per heavy atom. The molecule has 0 aliphatic rings. The fourth-order valence-electron chi connectivity index (χ4n) is 4.27. The minimum absolute atomic E-state index is 0.243. The molecule has 10 nitrogen and oxygen atoms in total. The Morgan fingerprint density at radius 2 is 1.19 bits per heavy atom. The molecule has 5 N–H and O–H groups in total. The molecule has 3 atom stereocenters. The number of phosphoric ester groups is 1. The van der Waals surface area contributed by atoms with E-state index in [-0.39, 0.29) is 13.0 Å². The average molecular weight is 634 g/mol. The number of carbonyl (C=O) groups excluding carboxylic acids is 1. The highest BCUT2D eigenvalue weighted by atomic mass is 31.2. The second-order valence-corrected chi connectivity index (χ2v) is 12.6. The lowest BCUT2D eigenvalue weighted by Crippen LogP contribution is -2.34. The van der Waals surface area contributed by atoms with Crippen molar-refractivity contribution in [2.75, 3.05) is 19.8 Å². The second kappa shape index (κ2) is 29.2. The summed E-state index contributed by atoms with van der Waals surface area (Å²) in [6.45, 7) is 0.507. The largest absolute Gasteiger partial charge is 0.480 e. The van der Waals surface area contributed by atoms with Crippen LogP contribution in [-0.2, 0) is 27.9 Å². The van der Waals surface area contributed by atoms with E-state index in [1.54, 1.807) is 0 Å². The van der Waals surface area contributed by atoms with Gasteiger partial charge in [-0.2, -0.15) is 0 Å². The Bertz CT molecular complexity index is 791. The Kier molecular flexibility index (Phi) is 28.1. The number of aliphatic hydroxyl groups excluding tert-OH is 1. The highest BCUT2D eigenvalue weighted by Crippen LogP contribution is 2.43. The first-order valence-corrected chi connectivity index (χ1v) is 17.9. The van der Waals surface area contributed by atoms with Gasteiger partial charge >= 0.3 is 19.8 Å². The van der Waals surface area contributed by atoms with Gasteiger partial charge in [0.2, 0.25) is 0 Å². The van der Waals surface area contributed by atoms with Crippen molar-refractivity contribution >= 4 is 19.8 Å². The lowest BCUT2D eigenvalue weighted by atomic mass is 10.0. The van der Waals surface area contributed by atoms with Gasteiger partial charge in [-0.1, -0.05) is 115 Å². The van der Waals surface area contributed by atoms with Crippen molar-refractivity contribution in [1.29, 1.82) is 0 Å². The van der Waals surface area contributed by atoms with Gasteiger partial charge in [0.15, 0.2) is 0 Å². The topological polar surface area (TPSA) is 166 Å². The van der Waals surface area contributed by atoms with Gasteiger partial charge in [0.05, 0.1) is 13.2 Å². The Morgan fingerprint density at radius 1 is 0.721 bits per heavy atom. The maximum absolute atomic E-state index is 11.8. The van der Waals surface area contributed by atoms with E-state index in [1.165, 1.54) is 89.9 Å². The Labute approximate surface area is 260 Å². The Balaban J connectivity index is 3.49. The molecule has 0 fully saturated rings. The van der Waals surface area contributed by atoms with Crippen LogP contribution in [0.1, 0.15) is 135 Å². The molecule has 0 spiro atoms. The molecule has 0 aromatic carbocycles. The van der Waals surface area contributed by atoms with E-state index < -0.39 is 45.1 Å². The lowest BCUT2D eigenvalue weighted by Gasteiger charge is -2.16. The average Bonchev–Trinajstić information content (AvgIpc) is 2.98. The molecule has 0 amide bonds. The highest BCUT2D eigenvalue weighted by molar-refractivity contribution is 7.47. The number of ether oxygens (including phenoxy) is 1. The SMILES string of the molecule is CCCCCCC/C=C\C/C=C\CCCCCCCCCCCCCC(=O)OCC(O)COP(=O)(O)OCC(N)C(=O)O. The van der Waals surface area contributed by atoms with Gasteiger partial charge in [-0.05, 0) is 38.5 Å². The number of phosphoric acid groups is 1. The number of aliphatic carboxylic acids is 1. The van der Waals surface area contributed by atoms with Crippen molar-refractivity contribution in [3.05, 3.63) is 24.3 Å². The van der Waals surface area contributed by atoms with Gasteiger partial charge in [0.1, 0.15) is 18.8 Å². The van der Waals surface area contributed by atoms with E-state index in [1.807, 2.05) is 0 Å². The fourth-order valence-corrected chi connectivity index (χ4v) is 5.05. The van der Waals surface area contributed by atoms with Crippen LogP contribution < -0.4 is 5.73 Å². The molecule has 0 saturated heterocycles. The van der Waals surface area contributed by atoms with Gasteiger partial charge in [0, 0.05) is 6.42 Å². The van der Waals surface area contributed by atoms with Crippen molar-refractivity contribution in [1.82, 2.24) is 0 Å². The molecule has 0 radical (unpaired) electrons. The normalized spacial score (nSPS) is 14.7. The molecule has 43 heavy (non-hydrogen) atoms. The van der Waals surface area contributed by atoms with Crippen molar-refractivity contribution in [3.63, 3.8) is 0 Å². The maximum Gasteiger partial charge on any atom is 0.472 e. The zero-order valence-corrected chi connectivity index (χ0v) is 27.4. The van der Waals surface area contributed by atoms with Gasteiger partial charge in [-0.15, -0.1) is 0 Å². The summed E-state index contributed by atoms with van der Waals surface area (Å²) in [5.74, 6) is -1.85. The minimum atomic E-state index is -4.59. The second-order valence-electron chi connectivity index (χ2n) is 11.2. The van der Waals surface area contributed by atoms with E-state index in [4.69, 9.17) is 15.6 Å². The van der Waals surface area contributed by atoms with E-state index in [2.05, 4.69) is 40.3 Å². The summed E-state index contributed by atoms with van der Waals surface area (Å²) in [5, 5.41) is 18.4. The molecule has 3 unspecified atom stereocenters. The van der Waals surface area contributed by atoms with Crippen LogP contribution in [0.2, 0.25) is 0 Å². The summed E-state index contributed by atoms with van der Waals surface area (Å²) in [6, 6.07) is -1.49. The van der Waals surface area contributed by atoms with Crippen molar-refractivity contribution in [2.45, 2.75) is 147 Å². The van der Waals surface area contributed by atoms with Crippen LogP contribution in [0.3, 0.4) is 0 Å². The summed E-state index contributed by atoms with van der Waals surface area (Å²) in [7, 11) is -4.59. The van der Waals surface area contributed by atoms with Crippen LogP contribution in [-0.4, -0.2) is 59.0 Å². The number of carboxylic acid groups (broad SMARTS) is 1. The first-order valence-electron chi connectivity index (χ1n) is 16.4. The van der Waals surface area contributed by atoms with E-state index in [9.17, 15) is 24.2 Å². The summed E-state index contributed by atoms with van der Waals surface area (Å²) in [5.41, 5.74) is 5.17. The predicted octanol–water partition coefficient (Wildman–Crippen LogP) is 7.37. The lowest BCUT2D eigenvalue weighted by molar-refractivity contribution is -0.147. The molecule has 0 bridgehead atoms. The number of esters is 1. The molecule has 0 aromatic heterocycles. The van der Waals surface area contributed by atoms with Crippen molar-refractivity contribution in [2.24, 2.45) is 5.73 Å². The van der Waals surface area contributed by atoms with Gasteiger partial charge < -0.3 is 25.6 Å². The molecular weight excluding hydrogens is 573 g/mol. The third kappa shape index (κ3) is 30.3. The Hall–Kier alpha value is -1.55. The summed E-state index contributed by atoms with van der Waals surface area (Å²) in [4.78, 5) is 31.9. The van der Waals surface area contributed by atoms with Crippen LogP contribution in [0.25, 0.3) is 0 Å². The molecule has 0 aliphatic carbocycles. The number of carbonyl (C=O) groups is 2. The molecule has 252 valence electrons. The molecule has 0 aromatic rings.